The van der Waals surface area contributed by atoms with Gasteiger partial charge in [-0.3, -0.25) is 9.78 Å². The van der Waals surface area contributed by atoms with Crippen LogP contribution in [-0.2, 0) is 11.3 Å². The summed E-state index contributed by atoms with van der Waals surface area (Å²) in [5.41, 5.74) is 4.60. The average molecular weight is 404 g/mol. The summed E-state index contributed by atoms with van der Waals surface area (Å²) in [5, 5.41) is 7.18. The molecule has 1 aromatic carbocycles. The first-order valence-corrected chi connectivity index (χ1v) is 10.6. The lowest BCUT2D eigenvalue weighted by atomic mass is 10.1. The molecule has 6 nitrogen and oxygen atoms in total. The number of thiophene rings is 1. The molecule has 1 fully saturated rings. The van der Waals surface area contributed by atoms with Gasteiger partial charge in [-0.1, -0.05) is 12.1 Å². The summed E-state index contributed by atoms with van der Waals surface area (Å²) < 4.78 is 5.88. The maximum atomic E-state index is 12.9. The Morgan fingerprint density at radius 3 is 3.07 bits per heavy atom. The second-order valence-corrected chi connectivity index (χ2v) is 7.87. The van der Waals surface area contributed by atoms with Gasteiger partial charge in [-0.05, 0) is 54.1 Å². The summed E-state index contributed by atoms with van der Waals surface area (Å²) >= 11 is 1.64. The van der Waals surface area contributed by atoms with E-state index in [1.807, 2.05) is 52.7 Å². The Bertz CT molecular complexity index is 1110. The average Bonchev–Trinajstić information content (AvgIpc) is 3.51. The highest BCUT2D eigenvalue weighted by Gasteiger charge is 2.33. The van der Waals surface area contributed by atoms with E-state index >= 15 is 0 Å². The molecular weight excluding hydrogens is 384 g/mol. The van der Waals surface area contributed by atoms with Crippen molar-refractivity contribution in [1.82, 2.24) is 15.3 Å². The molecule has 29 heavy (non-hydrogen) atoms. The Labute approximate surface area is 172 Å². The van der Waals surface area contributed by atoms with Gasteiger partial charge >= 0.3 is 0 Å². The second-order valence-electron chi connectivity index (χ2n) is 7.09. The van der Waals surface area contributed by atoms with Crippen LogP contribution in [0.25, 0.3) is 22.4 Å². The van der Waals surface area contributed by atoms with Crippen molar-refractivity contribution in [3.05, 3.63) is 65.0 Å². The summed E-state index contributed by atoms with van der Waals surface area (Å²) in [4.78, 5) is 23.8. The zero-order chi connectivity index (χ0) is 19.6. The SMILES string of the molecule is O=C(NCc1ccnc(-c2ccsc2)c1)C1CCCN1c1nc2ccccc2o1. The normalized spacial score (nSPS) is 16.4. The van der Waals surface area contributed by atoms with E-state index < -0.39 is 0 Å². The molecule has 1 aliphatic rings. The Balaban J connectivity index is 1.28. The van der Waals surface area contributed by atoms with Crippen LogP contribution in [0.5, 0.6) is 0 Å². The van der Waals surface area contributed by atoms with Gasteiger partial charge in [0, 0.05) is 30.2 Å². The molecular formula is C22H20N4O2S. The van der Waals surface area contributed by atoms with Gasteiger partial charge in [-0.25, -0.2) is 0 Å². The number of hydrogen-bond donors (Lipinski definition) is 1. The maximum Gasteiger partial charge on any atom is 0.299 e. The van der Waals surface area contributed by atoms with Gasteiger partial charge in [0.2, 0.25) is 5.91 Å². The van der Waals surface area contributed by atoms with Gasteiger partial charge in [0.05, 0.1) is 5.69 Å². The Morgan fingerprint density at radius 2 is 2.21 bits per heavy atom. The van der Waals surface area contributed by atoms with E-state index in [9.17, 15) is 4.79 Å². The van der Waals surface area contributed by atoms with Gasteiger partial charge in [-0.2, -0.15) is 16.3 Å². The van der Waals surface area contributed by atoms with Gasteiger partial charge in [0.25, 0.3) is 6.01 Å². The second kappa shape index (κ2) is 7.67. The highest BCUT2D eigenvalue weighted by molar-refractivity contribution is 7.08. The van der Waals surface area contributed by atoms with Crippen molar-refractivity contribution in [2.45, 2.75) is 25.4 Å². The number of fused-ring (bicyclic) bond motifs is 1. The number of nitrogens with zero attached hydrogens (tertiary/aromatic N) is 3. The van der Waals surface area contributed by atoms with Gasteiger partial charge in [0.15, 0.2) is 5.58 Å². The molecule has 1 N–H and O–H groups in total. The molecule has 3 aromatic heterocycles. The number of anilines is 1. The monoisotopic (exact) mass is 404 g/mol. The van der Waals surface area contributed by atoms with Crippen molar-refractivity contribution in [2.75, 3.05) is 11.4 Å². The fraction of sp³-hybridized carbons (Fsp3) is 0.227. The van der Waals surface area contributed by atoms with Crippen molar-refractivity contribution >= 4 is 34.4 Å². The van der Waals surface area contributed by atoms with Crippen LogP contribution in [-0.4, -0.2) is 28.5 Å². The molecule has 1 aliphatic heterocycles. The number of para-hydroxylation sites is 2. The smallest absolute Gasteiger partial charge is 0.299 e. The van der Waals surface area contributed by atoms with Crippen LogP contribution >= 0.6 is 11.3 Å². The van der Waals surface area contributed by atoms with Crippen LogP contribution < -0.4 is 10.2 Å². The molecule has 1 unspecified atom stereocenters. The molecule has 7 heteroatoms. The van der Waals surface area contributed by atoms with Crippen molar-refractivity contribution in [2.24, 2.45) is 0 Å². The minimum Gasteiger partial charge on any atom is -0.423 e. The Hall–Kier alpha value is -3.19. The minimum absolute atomic E-state index is 0.00125. The lowest BCUT2D eigenvalue weighted by molar-refractivity contribution is -0.122. The van der Waals surface area contributed by atoms with Gasteiger partial charge < -0.3 is 14.6 Å². The van der Waals surface area contributed by atoms with E-state index in [-0.39, 0.29) is 11.9 Å². The number of oxazole rings is 1. The highest BCUT2D eigenvalue weighted by Crippen LogP contribution is 2.28. The van der Waals surface area contributed by atoms with E-state index in [4.69, 9.17) is 4.42 Å². The van der Waals surface area contributed by atoms with Crippen LogP contribution in [0.1, 0.15) is 18.4 Å². The predicted molar refractivity (Wildman–Crippen MR) is 114 cm³/mol. The largest absolute Gasteiger partial charge is 0.423 e. The number of nitrogens with one attached hydrogen (secondary N) is 1. The summed E-state index contributed by atoms with van der Waals surface area (Å²) in [5.74, 6) is -0.00125. The number of rotatable bonds is 5. The minimum atomic E-state index is -0.263. The molecule has 1 amide bonds. The summed E-state index contributed by atoms with van der Waals surface area (Å²) in [6, 6.07) is 13.9. The van der Waals surface area contributed by atoms with Crippen LogP contribution in [0.4, 0.5) is 6.01 Å². The Kier molecular flexibility index (Phi) is 4.73. The van der Waals surface area contributed by atoms with Crippen molar-refractivity contribution in [3.8, 4) is 11.3 Å². The van der Waals surface area contributed by atoms with Crippen LogP contribution in [0.2, 0.25) is 0 Å². The number of hydrogen-bond acceptors (Lipinski definition) is 6. The molecule has 0 aliphatic carbocycles. The first-order chi connectivity index (χ1) is 14.3. The topological polar surface area (TPSA) is 71.3 Å². The summed E-state index contributed by atoms with van der Waals surface area (Å²) in [7, 11) is 0. The molecule has 0 saturated carbocycles. The quantitative estimate of drug-likeness (QED) is 0.539. The molecule has 5 rings (SSSR count). The fourth-order valence-electron chi connectivity index (χ4n) is 3.71. The molecule has 0 spiro atoms. The number of carbonyl (C=O) groups is 1. The zero-order valence-corrected chi connectivity index (χ0v) is 16.6. The van der Waals surface area contributed by atoms with E-state index in [0.717, 1.165) is 47.3 Å². The first kappa shape index (κ1) is 17.9. The number of aromatic nitrogens is 2. The van der Waals surface area contributed by atoms with Crippen molar-refractivity contribution in [1.29, 1.82) is 0 Å². The molecule has 4 heterocycles. The standard InChI is InChI=1S/C22H20N4O2S/c27-21(24-13-15-7-9-23-18(12-15)16-8-11-29-14-16)19-5-3-10-26(19)22-25-17-4-1-2-6-20(17)28-22/h1-2,4,6-9,11-12,14,19H,3,5,10,13H2,(H,24,27). The maximum absolute atomic E-state index is 12.9. The van der Waals surface area contributed by atoms with Crippen LogP contribution in [0.15, 0.2) is 63.8 Å². The summed E-state index contributed by atoms with van der Waals surface area (Å²) in [6.45, 7) is 1.23. The van der Waals surface area contributed by atoms with Crippen LogP contribution in [0, 0.1) is 0 Å². The molecule has 0 radical (unpaired) electrons. The van der Waals surface area contributed by atoms with Crippen molar-refractivity contribution < 1.29 is 9.21 Å². The van der Waals surface area contributed by atoms with Gasteiger partial charge in [0.1, 0.15) is 11.6 Å². The summed E-state index contributed by atoms with van der Waals surface area (Å²) in [6.07, 6.45) is 3.52. The number of pyridine rings is 1. The molecule has 1 saturated heterocycles. The van der Waals surface area contributed by atoms with Crippen LogP contribution in [0.3, 0.4) is 0 Å². The first-order valence-electron chi connectivity index (χ1n) is 9.65. The molecule has 0 bridgehead atoms. The molecule has 1 atom stereocenters. The lowest BCUT2D eigenvalue weighted by Crippen LogP contribution is -2.43. The zero-order valence-electron chi connectivity index (χ0n) is 15.7. The van der Waals surface area contributed by atoms with E-state index in [1.165, 1.54) is 0 Å². The van der Waals surface area contributed by atoms with E-state index in [2.05, 4.69) is 20.7 Å². The number of amides is 1. The molecule has 4 aromatic rings. The fourth-order valence-corrected chi connectivity index (χ4v) is 4.36. The Morgan fingerprint density at radius 1 is 1.28 bits per heavy atom. The third-order valence-corrected chi connectivity index (χ3v) is 5.88. The number of carbonyl (C=O) groups excluding carboxylic acids is 1. The third kappa shape index (κ3) is 3.61. The van der Waals surface area contributed by atoms with Crippen molar-refractivity contribution in [3.63, 3.8) is 0 Å². The van der Waals surface area contributed by atoms with E-state index in [0.29, 0.717) is 12.6 Å². The number of benzene rings is 1. The van der Waals surface area contributed by atoms with Gasteiger partial charge in [-0.15, -0.1) is 0 Å². The predicted octanol–water partition coefficient (Wildman–Crippen LogP) is 4.24. The lowest BCUT2D eigenvalue weighted by Gasteiger charge is -2.22. The molecule has 146 valence electrons. The third-order valence-electron chi connectivity index (χ3n) is 5.19. The van der Waals surface area contributed by atoms with E-state index in [1.54, 1.807) is 17.5 Å². The highest BCUT2D eigenvalue weighted by atomic mass is 32.1.